The number of ether oxygens (including phenoxy) is 1. The highest BCUT2D eigenvalue weighted by Gasteiger charge is 2.16. The second-order valence-corrected chi connectivity index (χ2v) is 4.01. The predicted octanol–water partition coefficient (Wildman–Crippen LogP) is 1.81. The van der Waals surface area contributed by atoms with Gasteiger partial charge in [0.05, 0.1) is 6.26 Å². The predicted molar refractivity (Wildman–Crippen MR) is 58.8 cm³/mol. The molecule has 0 bridgehead atoms. The van der Waals surface area contributed by atoms with Gasteiger partial charge in [-0.3, -0.25) is 4.79 Å². The Morgan fingerprint density at radius 3 is 2.88 bits per heavy atom. The second kappa shape index (κ2) is 5.70. The first-order valence-corrected chi connectivity index (χ1v) is 5.74. The largest absolute Gasteiger partial charge is 0.467 e. The van der Waals surface area contributed by atoms with Gasteiger partial charge >= 0.3 is 0 Å². The first-order valence-electron chi connectivity index (χ1n) is 5.74. The van der Waals surface area contributed by atoms with Crippen molar-refractivity contribution < 1.29 is 13.9 Å². The van der Waals surface area contributed by atoms with Crippen molar-refractivity contribution in [3.8, 4) is 0 Å². The van der Waals surface area contributed by atoms with Crippen LogP contribution in [0.3, 0.4) is 0 Å². The van der Waals surface area contributed by atoms with E-state index >= 15 is 0 Å². The molecule has 1 fully saturated rings. The van der Waals surface area contributed by atoms with Gasteiger partial charge in [0, 0.05) is 13.1 Å². The minimum Gasteiger partial charge on any atom is -0.467 e. The Morgan fingerprint density at radius 2 is 2.19 bits per heavy atom. The number of hydrogen-bond acceptors (Lipinski definition) is 3. The molecule has 0 aromatic carbocycles. The van der Waals surface area contributed by atoms with Gasteiger partial charge in [0.15, 0.2) is 0 Å². The number of furan rings is 1. The van der Waals surface area contributed by atoms with Crippen LogP contribution in [0.4, 0.5) is 0 Å². The molecule has 1 saturated heterocycles. The number of carbonyl (C=O) groups is 1. The molecule has 0 radical (unpaired) electrons. The molecule has 1 amide bonds. The van der Waals surface area contributed by atoms with Crippen molar-refractivity contribution in [3.63, 3.8) is 0 Å². The Morgan fingerprint density at radius 1 is 1.38 bits per heavy atom. The lowest BCUT2D eigenvalue weighted by molar-refractivity contribution is -0.137. The van der Waals surface area contributed by atoms with E-state index in [1.807, 2.05) is 17.0 Å². The minimum absolute atomic E-state index is 0.0891. The summed E-state index contributed by atoms with van der Waals surface area (Å²) in [7, 11) is 0. The fourth-order valence-electron chi connectivity index (χ4n) is 1.87. The first-order chi connectivity index (χ1) is 7.86. The Hall–Kier alpha value is -1.29. The smallest absolute Gasteiger partial charge is 0.248 e. The van der Waals surface area contributed by atoms with E-state index in [2.05, 4.69) is 0 Å². The Balaban J connectivity index is 1.67. The molecular weight excluding hydrogens is 206 g/mol. The molecule has 1 aliphatic rings. The molecule has 0 saturated carbocycles. The third kappa shape index (κ3) is 3.10. The normalized spacial score (nSPS) is 16.4. The van der Waals surface area contributed by atoms with Gasteiger partial charge in [-0.15, -0.1) is 0 Å². The van der Waals surface area contributed by atoms with E-state index in [0.29, 0.717) is 6.61 Å². The van der Waals surface area contributed by atoms with Crippen LogP contribution in [0.1, 0.15) is 25.0 Å². The molecule has 1 aromatic rings. The van der Waals surface area contributed by atoms with E-state index in [9.17, 15) is 4.79 Å². The van der Waals surface area contributed by atoms with Crippen LogP contribution in [0, 0.1) is 0 Å². The summed E-state index contributed by atoms with van der Waals surface area (Å²) in [5.74, 6) is 0.845. The third-order valence-corrected chi connectivity index (χ3v) is 2.76. The van der Waals surface area contributed by atoms with Crippen molar-refractivity contribution in [2.75, 3.05) is 19.7 Å². The summed E-state index contributed by atoms with van der Waals surface area (Å²) in [5.41, 5.74) is 0. The number of rotatable bonds is 4. The highest BCUT2D eigenvalue weighted by Crippen LogP contribution is 2.09. The quantitative estimate of drug-likeness (QED) is 0.781. The molecule has 2 heterocycles. The highest BCUT2D eigenvalue weighted by molar-refractivity contribution is 5.77. The first kappa shape index (κ1) is 11.2. The SMILES string of the molecule is O=C(COCc1ccco1)N1CCCCC1. The molecule has 88 valence electrons. The van der Waals surface area contributed by atoms with Crippen LogP contribution in [0.2, 0.25) is 0 Å². The van der Waals surface area contributed by atoms with Crippen LogP contribution < -0.4 is 0 Å². The second-order valence-electron chi connectivity index (χ2n) is 4.01. The zero-order valence-electron chi connectivity index (χ0n) is 9.35. The number of likely N-dealkylation sites (tertiary alicyclic amines) is 1. The van der Waals surface area contributed by atoms with Crippen LogP contribution in [0.25, 0.3) is 0 Å². The van der Waals surface area contributed by atoms with Crippen LogP contribution >= 0.6 is 0 Å². The molecule has 0 spiro atoms. The summed E-state index contributed by atoms with van der Waals surface area (Å²) in [6, 6.07) is 3.65. The summed E-state index contributed by atoms with van der Waals surface area (Å²) < 4.78 is 10.4. The van der Waals surface area contributed by atoms with Crippen LogP contribution in [-0.4, -0.2) is 30.5 Å². The van der Waals surface area contributed by atoms with Crippen LogP contribution in [-0.2, 0) is 16.1 Å². The molecule has 2 rings (SSSR count). The van der Waals surface area contributed by atoms with Crippen molar-refractivity contribution in [1.82, 2.24) is 4.90 Å². The maximum absolute atomic E-state index is 11.7. The van der Waals surface area contributed by atoms with Gasteiger partial charge in [0.2, 0.25) is 5.91 Å². The van der Waals surface area contributed by atoms with Gasteiger partial charge in [-0.05, 0) is 31.4 Å². The summed E-state index contributed by atoms with van der Waals surface area (Å²) >= 11 is 0. The average Bonchev–Trinajstić information content (AvgIpc) is 2.83. The van der Waals surface area contributed by atoms with E-state index < -0.39 is 0 Å². The Bertz CT molecular complexity index is 315. The van der Waals surface area contributed by atoms with Crippen LogP contribution in [0.15, 0.2) is 22.8 Å². The summed E-state index contributed by atoms with van der Waals surface area (Å²) in [6.07, 6.45) is 5.07. The molecule has 0 atom stereocenters. The van der Waals surface area contributed by atoms with Crippen molar-refractivity contribution in [2.24, 2.45) is 0 Å². The molecule has 0 unspecified atom stereocenters. The van der Waals surface area contributed by atoms with Crippen LogP contribution in [0.5, 0.6) is 0 Å². The van der Waals surface area contributed by atoms with Crippen molar-refractivity contribution >= 4 is 5.91 Å². The van der Waals surface area contributed by atoms with Gasteiger partial charge in [-0.1, -0.05) is 0 Å². The maximum Gasteiger partial charge on any atom is 0.248 e. The van der Waals surface area contributed by atoms with Gasteiger partial charge in [0.25, 0.3) is 0 Å². The molecule has 4 nitrogen and oxygen atoms in total. The zero-order chi connectivity index (χ0) is 11.2. The van der Waals surface area contributed by atoms with Gasteiger partial charge < -0.3 is 14.1 Å². The third-order valence-electron chi connectivity index (χ3n) is 2.76. The molecule has 16 heavy (non-hydrogen) atoms. The molecule has 0 N–H and O–H groups in total. The van der Waals surface area contributed by atoms with E-state index in [0.717, 1.165) is 31.7 Å². The molecule has 4 heteroatoms. The van der Waals surface area contributed by atoms with E-state index in [1.165, 1.54) is 6.42 Å². The minimum atomic E-state index is 0.0891. The number of hydrogen-bond donors (Lipinski definition) is 0. The van der Waals surface area contributed by atoms with E-state index in [-0.39, 0.29) is 12.5 Å². The Labute approximate surface area is 95.2 Å². The lowest BCUT2D eigenvalue weighted by Crippen LogP contribution is -2.37. The average molecular weight is 223 g/mol. The highest BCUT2D eigenvalue weighted by atomic mass is 16.5. The van der Waals surface area contributed by atoms with Crippen molar-refractivity contribution in [3.05, 3.63) is 24.2 Å². The molecular formula is C12H17NO3. The van der Waals surface area contributed by atoms with Gasteiger partial charge in [0.1, 0.15) is 19.0 Å². The van der Waals surface area contributed by atoms with Gasteiger partial charge in [-0.2, -0.15) is 0 Å². The van der Waals surface area contributed by atoms with Crippen molar-refractivity contribution in [2.45, 2.75) is 25.9 Å². The summed E-state index contributed by atoms with van der Waals surface area (Å²) in [5, 5.41) is 0. The number of amides is 1. The van der Waals surface area contributed by atoms with Gasteiger partial charge in [-0.25, -0.2) is 0 Å². The number of carbonyl (C=O) groups excluding carboxylic acids is 1. The molecule has 1 aromatic heterocycles. The fraction of sp³-hybridized carbons (Fsp3) is 0.583. The molecule has 1 aliphatic heterocycles. The van der Waals surface area contributed by atoms with Crippen molar-refractivity contribution in [1.29, 1.82) is 0 Å². The standard InChI is InChI=1S/C12H17NO3/c14-12(13-6-2-1-3-7-13)10-15-9-11-5-4-8-16-11/h4-5,8H,1-3,6-7,9-10H2. The summed E-state index contributed by atoms with van der Waals surface area (Å²) in [4.78, 5) is 13.6. The molecule has 0 aliphatic carbocycles. The monoisotopic (exact) mass is 223 g/mol. The lowest BCUT2D eigenvalue weighted by atomic mass is 10.1. The lowest BCUT2D eigenvalue weighted by Gasteiger charge is -2.26. The summed E-state index contributed by atoms with van der Waals surface area (Å²) in [6.45, 7) is 2.28. The number of nitrogens with zero attached hydrogens (tertiary/aromatic N) is 1. The number of piperidine rings is 1. The fourth-order valence-corrected chi connectivity index (χ4v) is 1.87. The van der Waals surface area contributed by atoms with E-state index in [1.54, 1.807) is 6.26 Å². The topological polar surface area (TPSA) is 42.7 Å². The zero-order valence-corrected chi connectivity index (χ0v) is 9.35. The maximum atomic E-state index is 11.7. The Kier molecular flexibility index (Phi) is 3.99. The van der Waals surface area contributed by atoms with E-state index in [4.69, 9.17) is 9.15 Å².